The fourth-order valence-corrected chi connectivity index (χ4v) is 1.20. The van der Waals surface area contributed by atoms with Crippen LogP contribution < -0.4 is 0 Å². The van der Waals surface area contributed by atoms with Crippen LogP contribution >= 0.6 is 0 Å². The van der Waals surface area contributed by atoms with Gasteiger partial charge in [0.05, 0.1) is 6.61 Å². The molecule has 0 amide bonds. The number of aliphatic hydroxyl groups excluding tert-OH is 4. The fourth-order valence-electron chi connectivity index (χ4n) is 1.20. The largest absolute Gasteiger partial charge is 0.624 e. The summed E-state index contributed by atoms with van der Waals surface area (Å²) in [7, 11) is 0. The van der Waals surface area contributed by atoms with Crippen LogP contribution in [0.3, 0.4) is 0 Å². The number of hydrogen-bond acceptors (Lipinski definition) is 5. The van der Waals surface area contributed by atoms with Gasteiger partial charge in [-0.1, -0.05) is 0 Å². The van der Waals surface area contributed by atoms with Gasteiger partial charge < -0.3 is 25.6 Å². The second-order valence-corrected chi connectivity index (χ2v) is 2.73. The zero-order valence-electron chi connectivity index (χ0n) is 6.24. The number of hydrogen-bond donors (Lipinski definition) is 4. The SMILES string of the molecule is [O-][N+]1=C[C@H](O)C(O)C1[C@H](O)CO. The van der Waals surface area contributed by atoms with E-state index >= 15 is 0 Å². The molecule has 0 aromatic heterocycles. The van der Waals surface area contributed by atoms with Gasteiger partial charge in [0, 0.05) is 0 Å². The maximum Gasteiger partial charge on any atom is 0.219 e. The Morgan fingerprint density at radius 3 is 2.42 bits per heavy atom. The molecule has 0 aliphatic carbocycles. The summed E-state index contributed by atoms with van der Waals surface area (Å²) in [6.45, 7) is -0.624. The molecule has 0 aromatic carbocycles. The van der Waals surface area contributed by atoms with Gasteiger partial charge >= 0.3 is 0 Å². The van der Waals surface area contributed by atoms with E-state index in [1.807, 2.05) is 0 Å². The maximum atomic E-state index is 10.9. The monoisotopic (exact) mass is 177 g/mol. The van der Waals surface area contributed by atoms with Gasteiger partial charge in [-0.05, 0) is 0 Å². The van der Waals surface area contributed by atoms with Crippen LogP contribution in [-0.4, -0.2) is 62.3 Å². The molecule has 1 rings (SSSR count). The zero-order chi connectivity index (χ0) is 9.30. The Kier molecular flexibility index (Phi) is 2.63. The quantitative estimate of drug-likeness (QED) is 0.266. The smallest absolute Gasteiger partial charge is 0.219 e. The number of nitrogens with zero attached hydrogens (tertiary/aromatic N) is 1. The van der Waals surface area contributed by atoms with Crippen molar-refractivity contribution >= 4 is 6.21 Å². The Bertz CT molecular complexity index is 194. The van der Waals surface area contributed by atoms with Crippen molar-refractivity contribution in [2.24, 2.45) is 0 Å². The van der Waals surface area contributed by atoms with E-state index in [4.69, 9.17) is 20.4 Å². The molecule has 1 aliphatic rings. The van der Waals surface area contributed by atoms with E-state index in [2.05, 4.69) is 0 Å². The molecule has 6 nitrogen and oxygen atoms in total. The lowest BCUT2D eigenvalue weighted by atomic mass is 10.1. The Morgan fingerprint density at radius 2 is 2.08 bits per heavy atom. The predicted octanol–water partition coefficient (Wildman–Crippen LogP) is -2.98. The van der Waals surface area contributed by atoms with Crippen LogP contribution in [0.1, 0.15) is 0 Å². The highest BCUT2D eigenvalue weighted by Crippen LogP contribution is 2.13. The Labute approximate surface area is 68.6 Å². The van der Waals surface area contributed by atoms with Crippen molar-refractivity contribution in [2.75, 3.05) is 6.61 Å². The minimum Gasteiger partial charge on any atom is -0.624 e. The van der Waals surface area contributed by atoms with Gasteiger partial charge in [-0.3, -0.25) is 0 Å². The highest BCUT2D eigenvalue weighted by atomic mass is 16.5. The lowest BCUT2D eigenvalue weighted by Gasteiger charge is -2.19. The molecule has 0 aromatic rings. The summed E-state index contributed by atoms with van der Waals surface area (Å²) in [6.07, 6.45) is -3.10. The molecule has 1 aliphatic heterocycles. The maximum absolute atomic E-state index is 10.9. The molecule has 0 bridgehead atoms. The molecule has 0 spiro atoms. The Hall–Kier alpha value is -0.690. The minimum absolute atomic E-state index is 0.260. The van der Waals surface area contributed by atoms with Crippen LogP contribution in [0.4, 0.5) is 0 Å². The van der Waals surface area contributed by atoms with Crippen LogP contribution in [-0.2, 0) is 0 Å². The second kappa shape index (κ2) is 3.36. The van der Waals surface area contributed by atoms with Crippen molar-refractivity contribution < 1.29 is 25.2 Å². The van der Waals surface area contributed by atoms with E-state index in [-0.39, 0.29) is 4.74 Å². The molecule has 12 heavy (non-hydrogen) atoms. The van der Waals surface area contributed by atoms with Crippen LogP contribution in [0.5, 0.6) is 0 Å². The van der Waals surface area contributed by atoms with Crippen molar-refractivity contribution in [3.63, 3.8) is 0 Å². The molecular weight excluding hydrogens is 166 g/mol. The van der Waals surface area contributed by atoms with Crippen molar-refractivity contribution in [1.29, 1.82) is 0 Å². The third kappa shape index (κ3) is 1.42. The lowest BCUT2D eigenvalue weighted by Crippen LogP contribution is -2.44. The Morgan fingerprint density at radius 1 is 1.50 bits per heavy atom. The van der Waals surface area contributed by atoms with Crippen molar-refractivity contribution in [3.05, 3.63) is 5.21 Å². The summed E-state index contributed by atoms with van der Waals surface area (Å²) in [6, 6.07) is -1.18. The first kappa shape index (κ1) is 9.40. The molecule has 0 saturated heterocycles. The van der Waals surface area contributed by atoms with E-state index in [0.717, 1.165) is 6.21 Å². The molecule has 6 heteroatoms. The van der Waals surface area contributed by atoms with E-state index in [0.29, 0.717) is 0 Å². The van der Waals surface area contributed by atoms with E-state index < -0.39 is 31.0 Å². The minimum atomic E-state index is -1.34. The number of rotatable bonds is 2. The molecule has 0 radical (unpaired) electrons. The summed E-state index contributed by atoms with van der Waals surface area (Å²) in [5, 5.41) is 46.5. The highest BCUT2D eigenvalue weighted by Gasteiger charge is 2.43. The fraction of sp³-hybridized carbons (Fsp3) is 0.833. The summed E-state index contributed by atoms with van der Waals surface area (Å²) in [5.74, 6) is 0. The van der Waals surface area contributed by atoms with Crippen molar-refractivity contribution in [1.82, 2.24) is 0 Å². The molecule has 0 fully saturated rings. The second-order valence-electron chi connectivity index (χ2n) is 2.73. The lowest BCUT2D eigenvalue weighted by molar-refractivity contribution is -0.511. The number of aliphatic hydroxyl groups is 4. The van der Waals surface area contributed by atoms with Gasteiger partial charge in [-0.25, -0.2) is 4.74 Å². The molecule has 4 atom stereocenters. The predicted molar refractivity (Wildman–Crippen MR) is 38.6 cm³/mol. The van der Waals surface area contributed by atoms with Crippen LogP contribution in [0.2, 0.25) is 0 Å². The van der Waals surface area contributed by atoms with Crippen molar-refractivity contribution in [2.45, 2.75) is 24.4 Å². The number of hydroxylamine groups is 1. The van der Waals surface area contributed by atoms with Crippen LogP contribution in [0.15, 0.2) is 0 Å². The average Bonchev–Trinajstić information content (AvgIpc) is 2.26. The van der Waals surface area contributed by atoms with Gasteiger partial charge in [0.2, 0.25) is 6.04 Å². The standard InChI is InChI=1S/C6H11NO5/c8-2-4(10)5-6(11)3(9)1-7(5)12/h1,3-6,8-11H,2H2/t3-,4+,5?,6?/m0/s1. The summed E-state index contributed by atoms with van der Waals surface area (Å²) >= 11 is 0. The molecule has 0 saturated carbocycles. The summed E-state index contributed by atoms with van der Waals surface area (Å²) in [4.78, 5) is 0. The molecule has 4 N–H and O–H groups in total. The average molecular weight is 177 g/mol. The third-order valence-corrected chi connectivity index (χ3v) is 1.87. The van der Waals surface area contributed by atoms with E-state index in [1.165, 1.54) is 0 Å². The topological polar surface area (TPSA) is 107 Å². The first-order valence-corrected chi connectivity index (χ1v) is 3.53. The molecule has 1 heterocycles. The highest BCUT2D eigenvalue weighted by molar-refractivity contribution is 5.60. The molecular formula is C6H11NO5. The van der Waals surface area contributed by atoms with Gasteiger partial charge in [0.25, 0.3) is 0 Å². The first-order valence-electron chi connectivity index (χ1n) is 3.53. The van der Waals surface area contributed by atoms with E-state index in [9.17, 15) is 5.21 Å². The summed E-state index contributed by atoms with van der Waals surface area (Å²) in [5.41, 5.74) is 0. The van der Waals surface area contributed by atoms with Gasteiger partial charge in [-0.2, -0.15) is 0 Å². The van der Waals surface area contributed by atoms with Crippen LogP contribution in [0, 0.1) is 5.21 Å². The summed E-state index contributed by atoms with van der Waals surface area (Å²) < 4.78 is 0.260. The Balaban J connectivity index is 2.72. The van der Waals surface area contributed by atoms with Gasteiger partial charge in [0.15, 0.2) is 18.4 Å². The van der Waals surface area contributed by atoms with Crippen molar-refractivity contribution in [3.8, 4) is 0 Å². The van der Waals surface area contributed by atoms with Gasteiger partial charge in [0.1, 0.15) is 6.10 Å². The molecule has 2 unspecified atom stereocenters. The van der Waals surface area contributed by atoms with Gasteiger partial charge in [-0.15, -0.1) is 0 Å². The van der Waals surface area contributed by atoms with Crippen LogP contribution in [0.25, 0.3) is 0 Å². The first-order chi connectivity index (χ1) is 5.57. The zero-order valence-corrected chi connectivity index (χ0v) is 6.24. The molecule has 70 valence electrons. The van der Waals surface area contributed by atoms with E-state index in [1.54, 1.807) is 0 Å². The third-order valence-electron chi connectivity index (χ3n) is 1.87. The normalized spacial score (nSPS) is 38.0.